The lowest BCUT2D eigenvalue weighted by Gasteiger charge is -2.09. The Hall–Kier alpha value is -2.34. The second-order valence-electron chi connectivity index (χ2n) is 7.17. The maximum absolute atomic E-state index is 12.3. The molecule has 1 aromatic carbocycles. The molecule has 2 unspecified atom stereocenters. The summed E-state index contributed by atoms with van der Waals surface area (Å²) < 4.78 is 1.54. The number of amides is 1. The van der Waals surface area contributed by atoms with Crippen molar-refractivity contribution in [3.63, 3.8) is 0 Å². The van der Waals surface area contributed by atoms with Gasteiger partial charge in [-0.05, 0) is 49.4 Å². The summed E-state index contributed by atoms with van der Waals surface area (Å²) >= 11 is 0. The molecule has 2 aromatic rings. The number of hydrogen-bond acceptors (Lipinski definition) is 4. The van der Waals surface area contributed by atoms with Crippen molar-refractivity contribution in [3.8, 4) is 11.4 Å². The normalized spacial score (nSPS) is 20.2. The lowest BCUT2D eigenvalue weighted by atomic mass is 10.0. The molecule has 3 rings (SSSR count). The van der Waals surface area contributed by atoms with E-state index in [0.29, 0.717) is 24.4 Å². The van der Waals surface area contributed by atoms with Crippen LogP contribution in [0.15, 0.2) is 30.5 Å². The Bertz CT molecular complexity index is 736. The van der Waals surface area contributed by atoms with Crippen LogP contribution in [-0.2, 0) is 0 Å². The minimum atomic E-state index is -0.338. The maximum atomic E-state index is 12.3. The summed E-state index contributed by atoms with van der Waals surface area (Å²) in [7, 11) is 0. The molecular weight excluding hydrogens is 316 g/mol. The highest BCUT2D eigenvalue weighted by Gasteiger charge is 2.23. The number of nitrogens with one attached hydrogen (secondary N) is 2. The van der Waals surface area contributed by atoms with E-state index in [0.717, 1.165) is 18.7 Å². The molecular formula is C19H26N4O2. The fraction of sp³-hybridized carbons (Fsp3) is 0.474. The molecule has 1 aromatic heterocycles. The molecule has 0 spiro atoms. The molecule has 1 aliphatic rings. The van der Waals surface area contributed by atoms with Crippen molar-refractivity contribution in [1.29, 1.82) is 0 Å². The predicted octanol–water partition coefficient (Wildman–Crippen LogP) is 2.43. The quantitative estimate of drug-likeness (QED) is 0.780. The molecule has 0 aliphatic carbocycles. The minimum Gasteiger partial charge on any atom is -0.504 e. The van der Waals surface area contributed by atoms with Crippen molar-refractivity contribution in [1.82, 2.24) is 20.4 Å². The number of aromatic nitrogens is 2. The van der Waals surface area contributed by atoms with Crippen molar-refractivity contribution < 1.29 is 9.90 Å². The Morgan fingerprint density at radius 1 is 1.40 bits per heavy atom. The number of aromatic hydroxyl groups is 1. The Labute approximate surface area is 148 Å². The third kappa shape index (κ3) is 4.02. The molecule has 6 heteroatoms. The number of carbonyl (C=O) groups is 1. The van der Waals surface area contributed by atoms with Crippen LogP contribution in [0.1, 0.15) is 49.2 Å². The molecule has 2 atom stereocenters. The average Bonchev–Trinajstić information content (AvgIpc) is 3.18. The molecule has 2 heterocycles. The van der Waals surface area contributed by atoms with Crippen LogP contribution in [0.5, 0.6) is 5.75 Å². The summed E-state index contributed by atoms with van der Waals surface area (Å²) in [4.78, 5) is 12.3. The van der Waals surface area contributed by atoms with Gasteiger partial charge in [-0.2, -0.15) is 5.10 Å². The van der Waals surface area contributed by atoms with Gasteiger partial charge in [0.2, 0.25) is 0 Å². The van der Waals surface area contributed by atoms with E-state index in [1.165, 1.54) is 16.4 Å². The molecule has 6 nitrogen and oxygen atoms in total. The highest BCUT2D eigenvalue weighted by molar-refractivity contribution is 5.94. The maximum Gasteiger partial charge on any atom is 0.275 e. The zero-order valence-corrected chi connectivity index (χ0v) is 15.0. The van der Waals surface area contributed by atoms with Crippen molar-refractivity contribution >= 4 is 5.91 Å². The van der Waals surface area contributed by atoms with Crippen LogP contribution in [-0.4, -0.2) is 39.9 Å². The second-order valence-corrected chi connectivity index (χ2v) is 7.17. The van der Waals surface area contributed by atoms with Crippen molar-refractivity contribution in [2.45, 2.75) is 39.2 Å². The van der Waals surface area contributed by atoms with E-state index in [4.69, 9.17) is 0 Å². The third-order valence-electron chi connectivity index (χ3n) is 4.73. The predicted molar refractivity (Wildman–Crippen MR) is 97.2 cm³/mol. The van der Waals surface area contributed by atoms with Gasteiger partial charge < -0.3 is 15.7 Å². The van der Waals surface area contributed by atoms with Gasteiger partial charge >= 0.3 is 0 Å². The first-order valence-corrected chi connectivity index (χ1v) is 8.84. The van der Waals surface area contributed by atoms with Crippen LogP contribution < -0.4 is 10.6 Å². The van der Waals surface area contributed by atoms with E-state index in [2.05, 4.69) is 36.5 Å². The van der Waals surface area contributed by atoms with Gasteiger partial charge in [-0.1, -0.05) is 26.0 Å². The van der Waals surface area contributed by atoms with Crippen LogP contribution in [0.25, 0.3) is 5.69 Å². The highest BCUT2D eigenvalue weighted by atomic mass is 16.3. The Balaban J connectivity index is 1.68. The molecule has 0 bridgehead atoms. The van der Waals surface area contributed by atoms with Gasteiger partial charge in [0, 0.05) is 12.6 Å². The van der Waals surface area contributed by atoms with E-state index in [1.807, 2.05) is 24.3 Å². The summed E-state index contributed by atoms with van der Waals surface area (Å²) in [6.45, 7) is 7.91. The third-order valence-corrected chi connectivity index (χ3v) is 4.73. The Morgan fingerprint density at radius 3 is 2.72 bits per heavy atom. The van der Waals surface area contributed by atoms with Gasteiger partial charge in [-0.3, -0.25) is 4.79 Å². The largest absolute Gasteiger partial charge is 0.504 e. The summed E-state index contributed by atoms with van der Waals surface area (Å²) in [6, 6.07) is 8.44. The van der Waals surface area contributed by atoms with E-state index < -0.39 is 0 Å². The number of carbonyl (C=O) groups excluding carboxylic acids is 1. The molecule has 1 saturated heterocycles. The van der Waals surface area contributed by atoms with Crippen LogP contribution in [0.2, 0.25) is 0 Å². The highest BCUT2D eigenvalue weighted by Crippen LogP contribution is 2.21. The topological polar surface area (TPSA) is 79.2 Å². The molecule has 0 radical (unpaired) electrons. The zero-order valence-electron chi connectivity index (χ0n) is 15.0. The van der Waals surface area contributed by atoms with E-state index >= 15 is 0 Å². The van der Waals surface area contributed by atoms with Crippen molar-refractivity contribution in [2.24, 2.45) is 5.92 Å². The molecule has 3 N–H and O–H groups in total. The van der Waals surface area contributed by atoms with Gasteiger partial charge in [0.15, 0.2) is 11.4 Å². The van der Waals surface area contributed by atoms with Crippen LogP contribution in [0.4, 0.5) is 0 Å². The molecule has 25 heavy (non-hydrogen) atoms. The van der Waals surface area contributed by atoms with Crippen LogP contribution in [0, 0.1) is 5.92 Å². The zero-order chi connectivity index (χ0) is 18.0. The lowest BCUT2D eigenvalue weighted by Crippen LogP contribution is -2.30. The smallest absolute Gasteiger partial charge is 0.275 e. The molecule has 134 valence electrons. The fourth-order valence-electron chi connectivity index (χ4n) is 3.18. The van der Waals surface area contributed by atoms with E-state index in [1.54, 1.807) is 0 Å². The summed E-state index contributed by atoms with van der Waals surface area (Å²) in [5.41, 5.74) is 2.11. The molecule has 1 fully saturated rings. The number of benzene rings is 1. The Morgan fingerprint density at radius 2 is 2.12 bits per heavy atom. The van der Waals surface area contributed by atoms with Crippen molar-refractivity contribution in [2.75, 3.05) is 13.1 Å². The van der Waals surface area contributed by atoms with E-state index in [9.17, 15) is 9.90 Å². The standard InChI is InChI=1S/C19H26N4O2/c1-12(2)15-4-6-16(7-5-15)23-11-17(24)18(22-23)19(25)21-10-14-8-13(3)20-9-14/h4-7,11-14,20,24H,8-10H2,1-3H3,(H,21,25). The Kier molecular flexibility index (Phi) is 5.08. The van der Waals surface area contributed by atoms with Crippen LogP contribution in [0.3, 0.4) is 0 Å². The first-order valence-electron chi connectivity index (χ1n) is 8.84. The second kappa shape index (κ2) is 7.27. The molecule has 0 saturated carbocycles. The first-order chi connectivity index (χ1) is 11.9. The van der Waals surface area contributed by atoms with Gasteiger partial charge in [-0.25, -0.2) is 4.68 Å². The monoisotopic (exact) mass is 342 g/mol. The average molecular weight is 342 g/mol. The number of hydrogen-bond donors (Lipinski definition) is 3. The van der Waals surface area contributed by atoms with Gasteiger partial charge in [-0.15, -0.1) is 0 Å². The summed E-state index contributed by atoms with van der Waals surface area (Å²) in [5, 5.41) is 20.6. The summed E-state index contributed by atoms with van der Waals surface area (Å²) in [5.74, 6) is 0.430. The first kappa shape index (κ1) is 17.5. The van der Waals surface area contributed by atoms with Crippen LogP contribution >= 0.6 is 0 Å². The summed E-state index contributed by atoms with van der Waals surface area (Å²) in [6.07, 6.45) is 2.52. The van der Waals surface area contributed by atoms with E-state index in [-0.39, 0.29) is 17.4 Å². The van der Waals surface area contributed by atoms with Crippen molar-refractivity contribution in [3.05, 3.63) is 41.7 Å². The lowest BCUT2D eigenvalue weighted by molar-refractivity contribution is 0.0940. The van der Waals surface area contributed by atoms with Gasteiger partial charge in [0.1, 0.15) is 0 Å². The molecule has 1 amide bonds. The fourth-order valence-corrected chi connectivity index (χ4v) is 3.18. The SMILES string of the molecule is CC1CC(CNC(=O)c2nn(-c3ccc(C(C)C)cc3)cc2O)CN1. The number of nitrogens with zero attached hydrogens (tertiary/aromatic N) is 2. The molecule has 1 aliphatic heterocycles. The van der Waals surface area contributed by atoms with Gasteiger partial charge in [0.25, 0.3) is 5.91 Å². The minimum absolute atomic E-state index is 0.0620. The van der Waals surface area contributed by atoms with Gasteiger partial charge in [0.05, 0.1) is 11.9 Å². The number of rotatable bonds is 5.